The Balaban J connectivity index is 1.21. The van der Waals surface area contributed by atoms with Crippen molar-refractivity contribution >= 4 is 43.7 Å². The molecule has 0 aliphatic heterocycles. The molecule has 0 spiro atoms. The Bertz CT molecular complexity index is 2180. The molecule has 3 heteroatoms. The normalized spacial score (nSPS) is 11.7. The van der Waals surface area contributed by atoms with Crippen LogP contribution in [0.2, 0.25) is 0 Å². The summed E-state index contributed by atoms with van der Waals surface area (Å²) in [5.41, 5.74) is 9.83. The Morgan fingerprint density at radius 1 is 0.625 bits per heavy atom. The highest BCUT2D eigenvalue weighted by Crippen LogP contribution is 2.41. The molecule has 40 heavy (non-hydrogen) atoms. The third-order valence-corrected chi connectivity index (χ3v) is 7.97. The first kappa shape index (κ1) is 22.8. The summed E-state index contributed by atoms with van der Waals surface area (Å²) in [4.78, 5) is 4.84. The van der Waals surface area contributed by atoms with Crippen LogP contribution in [-0.4, -0.2) is 9.55 Å². The average molecular weight is 515 g/mol. The van der Waals surface area contributed by atoms with E-state index in [-0.39, 0.29) is 0 Å². The Labute approximate surface area is 231 Å². The van der Waals surface area contributed by atoms with E-state index in [1.807, 2.05) is 18.2 Å². The van der Waals surface area contributed by atoms with E-state index in [0.717, 1.165) is 62.0 Å². The van der Waals surface area contributed by atoms with E-state index in [0.29, 0.717) is 0 Å². The molecule has 190 valence electrons. The average Bonchev–Trinajstić information content (AvgIpc) is 3.58. The van der Waals surface area contributed by atoms with E-state index in [1.54, 1.807) is 0 Å². The largest absolute Gasteiger partial charge is 0.455 e. The van der Waals surface area contributed by atoms with Gasteiger partial charge in [-0.05, 0) is 63.9 Å². The molecule has 0 aliphatic rings. The van der Waals surface area contributed by atoms with Crippen molar-refractivity contribution in [2.24, 2.45) is 0 Å². The molecular weight excluding hydrogens is 488 g/mol. The molecule has 8 rings (SSSR count). The molecule has 0 aliphatic carbocycles. The Morgan fingerprint density at radius 3 is 2.08 bits per heavy atom. The molecule has 0 amide bonds. The SMILES string of the molecule is CCc1nc2ccccc2n1-c1ccc(-c2ccc(-c3c4ccccc4cc4c3oc3ccccc34)cc2)cc1. The molecule has 3 nitrogen and oxygen atoms in total. The number of hydrogen-bond donors (Lipinski definition) is 0. The van der Waals surface area contributed by atoms with Crippen molar-refractivity contribution in [1.82, 2.24) is 9.55 Å². The second kappa shape index (κ2) is 8.96. The number of imidazole rings is 1. The standard InChI is InChI=1S/C37H26N2O/c1-2-35-38-32-12-6-7-13-33(32)39(35)28-21-19-25(20-22-28)24-15-17-26(18-16-24)36-29-10-4-3-9-27(29)23-31-30-11-5-8-14-34(30)40-37(31)36/h3-23H,2H2,1H3. The predicted octanol–water partition coefficient (Wildman–Crippen LogP) is 9.97. The molecule has 0 saturated carbocycles. The molecule has 0 fully saturated rings. The second-order valence-corrected chi connectivity index (χ2v) is 10.3. The molecule has 2 aromatic heterocycles. The maximum atomic E-state index is 6.45. The lowest BCUT2D eigenvalue weighted by Gasteiger charge is -2.11. The molecule has 0 atom stereocenters. The maximum Gasteiger partial charge on any atom is 0.143 e. The van der Waals surface area contributed by atoms with Crippen molar-refractivity contribution in [2.45, 2.75) is 13.3 Å². The fourth-order valence-corrected chi connectivity index (χ4v) is 6.04. The van der Waals surface area contributed by atoms with Crippen LogP contribution in [0.1, 0.15) is 12.7 Å². The van der Waals surface area contributed by atoms with Crippen LogP contribution in [0.4, 0.5) is 0 Å². The summed E-state index contributed by atoms with van der Waals surface area (Å²) in [6.45, 7) is 2.16. The van der Waals surface area contributed by atoms with Crippen molar-refractivity contribution in [2.75, 3.05) is 0 Å². The van der Waals surface area contributed by atoms with Gasteiger partial charge in [0.05, 0.1) is 11.0 Å². The van der Waals surface area contributed by atoms with Crippen LogP contribution in [0.5, 0.6) is 0 Å². The number of rotatable bonds is 4. The molecule has 0 N–H and O–H groups in total. The third kappa shape index (κ3) is 3.48. The highest BCUT2D eigenvalue weighted by molar-refractivity contribution is 6.18. The van der Waals surface area contributed by atoms with Gasteiger partial charge >= 0.3 is 0 Å². The molecule has 2 heterocycles. The number of para-hydroxylation sites is 3. The lowest BCUT2D eigenvalue weighted by atomic mass is 9.94. The molecule has 6 aromatic carbocycles. The monoisotopic (exact) mass is 514 g/mol. The van der Waals surface area contributed by atoms with E-state index in [9.17, 15) is 0 Å². The third-order valence-electron chi connectivity index (χ3n) is 7.97. The summed E-state index contributed by atoms with van der Waals surface area (Å²) in [6, 6.07) is 45.1. The van der Waals surface area contributed by atoms with Gasteiger partial charge in [0.1, 0.15) is 17.0 Å². The summed E-state index contributed by atoms with van der Waals surface area (Å²) < 4.78 is 8.72. The predicted molar refractivity (Wildman–Crippen MR) is 166 cm³/mol. The smallest absolute Gasteiger partial charge is 0.143 e. The summed E-state index contributed by atoms with van der Waals surface area (Å²) in [7, 11) is 0. The zero-order chi connectivity index (χ0) is 26.6. The lowest BCUT2D eigenvalue weighted by Crippen LogP contribution is -1.99. The van der Waals surface area contributed by atoms with Gasteiger partial charge in [0.2, 0.25) is 0 Å². The first-order valence-electron chi connectivity index (χ1n) is 13.8. The number of fused-ring (bicyclic) bond motifs is 5. The van der Waals surface area contributed by atoms with Gasteiger partial charge in [-0.2, -0.15) is 0 Å². The zero-order valence-corrected chi connectivity index (χ0v) is 22.1. The Morgan fingerprint density at radius 2 is 1.27 bits per heavy atom. The first-order valence-corrected chi connectivity index (χ1v) is 13.8. The number of aryl methyl sites for hydroxylation is 1. The minimum atomic E-state index is 0.880. The summed E-state index contributed by atoms with van der Waals surface area (Å²) in [6.07, 6.45) is 0.880. The van der Waals surface area contributed by atoms with Crippen molar-refractivity contribution in [1.29, 1.82) is 0 Å². The highest BCUT2D eigenvalue weighted by atomic mass is 16.3. The van der Waals surface area contributed by atoms with Crippen LogP contribution < -0.4 is 0 Å². The van der Waals surface area contributed by atoms with Gasteiger partial charge in [-0.3, -0.25) is 4.57 Å². The lowest BCUT2D eigenvalue weighted by molar-refractivity contribution is 0.670. The van der Waals surface area contributed by atoms with E-state index in [4.69, 9.17) is 9.40 Å². The van der Waals surface area contributed by atoms with Gasteiger partial charge in [-0.1, -0.05) is 97.9 Å². The van der Waals surface area contributed by atoms with E-state index < -0.39 is 0 Å². The number of nitrogens with zero attached hydrogens (tertiary/aromatic N) is 2. The van der Waals surface area contributed by atoms with Crippen molar-refractivity contribution in [3.63, 3.8) is 0 Å². The summed E-state index contributed by atoms with van der Waals surface area (Å²) in [5, 5.41) is 4.72. The topological polar surface area (TPSA) is 31.0 Å². The van der Waals surface area contributed by atoms with Crippen LogP contribution >= 0.6 is 0 Å². The molecular formula is C37H26N2O. The molecule has 0 saturated heterocycles. The van der Waals surface area contributed by atoms with E-state index >= 15 is 0 Å². The van der Waals surface area contributed by atoms with E-state index in [1.165, 1.54) is 21.9 Å². The second-order valence-electron chi connectivity index (χ2n) is 10.3. The number of aromatic nitrogens is 2. The van der Waals surface area contributed by atoms with E-state index in [2.05, 4.69) is 121 Å². The Kier molecular flexibility index (Phi) is 5.11. The minimum Gasteiger partial charge on any atom is -0.455 e. The number of hydrogen-bond acceptors (Lipinski definition) is 2. The van der Waals surface area contributed by atoms with Crippen molar-refractivity contribution < 1.29 is 4.42 Å². The van der Waals surface area contributed by atoms with Gasteiger partial charge in [-0.25, -0.2) is 4.98 Å². The van der Waals surface area contributed by atoms with Gasteiger partial charge in [0.15, 0.2) is 0 Å². The number of benzene rings is 6. The fraction of sp³-hybridized carbons (Fsp3) is 0.0541. The van der Waals surface area contributed by atoms with Crippen LogP contribution in [0.15, 0.2) is 132 Å². The van der Waals surface area contributed by atoms with Crippen LogP contribution in [0.3, 0.4) is 0 Å². The van der Waals surface area contributed by atoms with Gasteiger partial charge in [0.25, 0.3) is 0 Å². The fourth-order valence-electron chi connectivity index (χ4n) is 6.04. The number of furan rings is 1. The minimum absolute atomic E-state index is 0.880. The molecule has 0 radical (unpaired) electrons. The van der Waals surface area contributed by atoms with Gasteiger partial charge in [0, 0.05) is 28.4 Å². The molecule has 8 aromatic rings. The summed E-state index contributed by atoms with van der Waals surface area (Å²) >= 11 is 0. The van der Waals surface area contributed by atoms with Crippen LogP contribution in [0.25, 0.3) is 71.7 Å². The van der Waals surface area contributed by atoms with Gasteiger partial charge < -0.3 is 4.42 Å². The highest BCUT2D eigenvalue weighted by Gasteiger charge is 2.16. The van der Waals surface area contributed by atoms with Crippen LogP contribution in [0, 0.1) is 0 Å². The maximum absolute atomic E-state index is 6.45. The van der Waals surface area contributed by atoms with Crippen molar-refractivity contribution in [3.8, 4) is 27.9 Å². The van der Waals surface area contributed by atoms with Crippen molar-refractivity contribution in [3.05, 3.63) is 133 Å². The Hall–Kier alpha value is -5.15. The first-order chi connectivity index (χ1) is 19.8. The molecule has 0 unspecified atom stereocenters. The van der Waals surface area contributed by atoms with Gasteiger partial charge in [-0.15, -0.1) is 0 Å². The zero-order valence-electron chi connectivity index (χ0n) is 22.1. The van der Waals surface area contributed by atoms with Crippen LogP contribution in [-0.2, 0) is 6.42 Å². The summed E-state index contributed by atoms with van der Waals surface area (Å²) in [5.74, 6) is 1.07. The molecule has 0 bridgehead atoms. The quantitative estimate of drug-likeness (QED) is 0.234.